The molecule has 0 bridgehead atoms. The Morgan fingerprint density at radius 1 is 1.26 bits per heavy atom. The summed E-state index contributed by atoms with van der Waals surface area (Å²) in [4.78, 5) is 26.9. The normalized spacial score (nSPS) is 16.2. The summed E-state index contributed by atoms with van der Waals surface area (Å²) in [6.45, 7) is 0. The van der Waals surface area contributed by atoms with Crippen molar-refractivity contribution in [1.82, 2.24) is 15.8 Å². The van der Waals surface area contributed by atoms with E-state index in [-0.39, 0.29) is 11.7 Å². The molecule has 96 valence electrons. The summed E-state index contributed by atoms with van der Waals surface area (Å²) in [5.41, 5.74) is 5.83. The third kappa shape index (κ3) is 3.53. The van der Waals surface area contributed by atoms with Crippen molar-refractivity contribution in [2.75, 3.05) is 0 Å². The number of carbonyl (C=O) groups excluding carboxylic acids is 2. The van der Waals surface area contributed by atoms with Crippen molar-refractivity contribution in [3.05, 3.63) is 65.1 Å². The van der Waals surface area contributed by atoms with Crippen molar-refractivity contribution < 1.29 is 9.59 Å². The van der Waals surface area contributed by atoms with Gasteiger partial charge in [-0.3, -0.25) is 20.0 Å². The Morgan fingerprint density at radius 2 is 2.00 bits per heavy atom. The largest absolute Gasteiger partial charge is 0.305 e. The van der Waals surface area contributed by atoms with Crippen LogP contribution in [0.25, 0.3) is 0 Å². The van der Waals surface area contributed by atoms with Gasteiger partial charge >= 0.3 is 0 Å². The fourth-order valence-electron chi connectivity index (χ4n) is 1.39. The molecule has 2 N–H and O–H groups in total. The topological polar surface area (TPSA) is 71.1 Å². The van der Waals surface area contributed by atoms with Gasteiger partial charge in [0.2, 0.25) is 0 Å². The van der Waals surface area contributed by atoms with Crippen LogP contribution in [0.15, 0.2) is 59.6 Å². The molecule has 0 saturated heterocycles. The van der Waals surface area contributed by atoms with E-state index in [0.717, 1.165) is 0 Å². The zero-order valence-corrected chi connectivity index (χ0v) is 10.5. The number of halogens is 1. The monoisotopic (exact) mass is 275 g/mol. The van der Waals surface area contributed by atoms with E-state index in [4.69, 9.17) is 11.6 Å². The van der Waals surface area contributed by atoms with E-state index in [1.54, 1.807) is 12.1 Å². The maximum atomic E-state index is 11.7. The zero-order chi connectivity index (χ0) is 13.7. The summed E-state index contributed by atoms with van der Waals surface area (Å²) in [5.74, 6) is -0.511. The van der Waals surface area contributed by atoms with Crippen LogP contribution in [0, 0.1) is 0 Å². The van der Waals surface area contributed by atoms with Gasteiger partial charge in [0.15, 0.2) is 5.78 Å². The van der Waals surface area contributed by atoms with Crippen molar-refractivity contribution in [3.63, 3.8) is 0 Å². The molecule has 0 spiro atoms. The number of aromatic nitrogens is 1. The molecule has 0 unspecified atom stereocenters. The maximum Gasteiger partial charge on any atom is 0.269 e. The Morgan fingerprint density at radius 3 is 2.74 bits per heavy atom. The van der Waals surface area contributed by atoms with Crippen LogP contribution in [0.3, 0.4) is 0 Å². The van der Waals surface area contributed by atoms with Gasteiger partial charge in [0, 0.05) is 34.8 Å². The lowest BCUT2D eigenvalue weighted by Crippen LogP contribution is -2.34. The number of rotatable bonds is 3. The molecule has 1 heterocycles. The fraction of sp³-hybridized carbons (Fsp3) is 0. The van der Waals surface area contributed by atoms with Gasteiger partial charge in [0.05, 0.1) is 0 Å². The number of amides is 1. The minimum atomic E-state index is -0.326. The van der Waals surface area contributed by atoms with Crippen LogP contribution < -0.4 is 10.9 Å². The summed E-state index contributed by atoms with van der Waals surface area (Å²) in [5, 5.41) is 0.452. The quantitative estimate of drug-likeness (QED) is 0.647. The molecule has 5 nitrogen and oxygen atoms in total. The average Bonchev–Trinajstić information content (AvgIpc) is 2.43. The van der Waals surface area contributed by atoms with Gasteiger partial charge in [-0.2, -0.15) is 0 Å². The van der Waals surface area contributed by atoms with Gasteiger partial charge in [0.25, 0.3) is 5.91 Å². The summed E-state index contributed by atoms with van der Waals surface area (Å²) in [6.07, 6.45) is 8.80. The first-order valence-electron chi connectivity index (χ1n) is 5.42. The Kier molecular flexibility index (Phi) is 4.10. The highest BCUT2D eigenvalue weighted by Gasteiger charge is 2.09. The highest BCUT2D eigenvalue weighted by Crippen LogP contribution is 2.14. The van der Waals surface area contributed by atoms with Gasteiger partial charge in [-0.25, -0.2) is 0 Å². The smallest absolute Gasteiger partial charge is 0.269 e. The van der Waals surface area contributed by atoms with Crippen molar-refractivity contribution in [1.29, 1.82) is 0 Å². The second-order valence-corrected chi connectivity index (χ2v) is 4.10. The molecule has 19 heavy (non-hydrogen) atoms. The van der Waals surface area contributed by atoms with E-state index >= 15 is 0 Å². The minimum absolute atomic E-state index is 0.185. The van der Waals surface area contributed by atoms with E-state index in [1.807, 2.05) is 0 Å². The molecule has 0 aliphatic heterocycles. The molecule has 6 heteroatoms. The highest BCUT2D eigenvalue weighted by molar-refractivity contribution is 6.33. The molecule has 0 aromatic carbocycles. The van der Waals surface area contributed by atoms with Crippen molar-refractivity contribution >= 4 is 23.3 Å². The second kappa shape index (κ2) is 5.97. The van der Waals surface area contributed by atoms with Crippen LogP contribution in [-0.2, 0) is 4.79 Å². The maximum absolute atomic E-state index is 11.7. The molecule has 1 aliphatic carbocycles. The lowest BCUT2D eigenvalue weighted by Gasteiger charge is -2.07. The number of allylic oxidation sites excluding steroid dienone is 5. The summed E-state index contributed by atoms with van der Waals surface area (Å²) in [6, 6.07) is 3.16. The lowest BCUT2D eigenvalue weighted by molar-refractivity contribution is -0.111. The predicted molar refractivity (Wildman–Crippen MR) is 71.0 cm³/mol. The first kappa shape index (κ1) is 13.0. The number of hydrogen-bond acceptors (Lipinski definition) is 4. The summed E-state index contributed by atoms with van der Waals surface area (Å²) >= 11 is 5.77. The number of nitrogens with zero attached hydrogens (tertiary/aromatic N) is 1. The second-order valence-electron chi connectivity index (χ2n) is 3.66. The number of pyridine rings is 1. The molecule has 0 fully saturated rings. The van der Waals surface area contributed by atoms with Gasteiger partial charge in [-0.1, -0.05) is 11.6 Å². The lowest BCUT2D eigenvalue weighted by atomic mass is 10.1. The van der Waals surface area contributed by atoms with Crippen LogP contribution in [-0.4, -0.2) is 16.7 Å². The van der Waals surface area contributed by atoms with Crippen LogP contribution in [0.4, 0.5) is 0 Å². The fourth-order valence-corrected chi connectivity index (χ4v) is 1.57. The van der Waals surface area contributed by atoms with Crippen LogP contribution >= 0.6 is 11.6 Å². The van der Waals surface area contributed by atoms with E-state index < -0.39 is 0 Å². The molecule has 1 aromatic rings. The molecule has 1 aromatic heterocycles. The molecule has 2 rings (SSSR count). The molecule has 1 amide bonds. The molecular formula is C13H10ClN3O2. The Labute approximate surface area is 114 Å². The van der Waals surface area contributed by atoms with Crippen molar-refractivity contribution in [2.24, 2.45) is 0 Å². The summed E-state index contributed by atoms with van der Waals surface area (Å²) < 4.78 is 0. The first-order valence-corrected chi connectivity index (χ1v) is 5.80. The van der Waals surface area contributed by atoms with Gasteiger partial charge in [-0.15, -0.1) is 0 Å². The van der Waals surface area contributed by atoms with Crippen LogP contribution in [0.2, 0.25) is 0 Å². The average molecular weight is 276 g/mol. The number of nitrogens with one attached hydrogen (secondary N) is 2. The van der Waals surface area contributed by atoms with E-state index in [1.165, 1.54) is 36.8 Å². The first-order chi connectivity index (χ1) is 9.16. The Balaban J connectivity index is 1.95. The van der Waals surface area contributed by atoms with Crippen molar-refractivity contribution in [2.45, 2.75) is 0 Å². The Hall–Kier alpha value is -2.40. The van der Waals surface area contributed by atoms with Gasteiger partial charge < -0.3 is 5.43 Å². The van der Waals surface area contributed by atoms with E-state index in [9.17, 15) is 9.59 Å². The third-order valence-electron chi connectivity index (χ3n) is 2.33. The van der Waals surface area contributed by atoms with E-state index in [2.05, 4.69) is 15.8 Å². The van der Waals surface area contributed by atoms with E-state index in [0.29, 0.717) is 16.2 Å². The van der Waals surface area contributed by atoms with Crippen LogP contribution in [0.5, 0.6) is 0 Å². The molecule has 1 aliphatic rings. The molecule has 0 atom stereocenters. The number of ketones is 1. The zero-order valence-electron chi connectivity index (χ0n) is 9.76. The molecular weight excluding hydrogens is 266 g/mol. The molecule has 0 radical (unpaired) electrons. The van der Waals surface area contributed by atoms with Gasteiger partial charge in [-0.05, 0) is 30.4 Å². The minimum Gasteiger partial charge on any atom is -0.305 e. The highest BCUT2D eigenvalue weighted by atomic mass is 35.5. The number of hydrazine groups is 1. The third-order valence-corrected chi connectivity index (χ3v) is 2.56. The molecule has 0 saturated carbocycles. The SMILES string of the molecule is O=C1C=CC(Cl)=CC1=CNNC(=O)c1ccncc1. The number of hydrogen-bond donors (Lipinski definition) is 2. The van der Waals surface area contributed by atoms with Gasteiger partial charge in [0.1, 0.15) is 0 Å². The predicted octanol–water partition coefficient (Wildman–Crippen LogP) is 1.46. The van der Waals surface area contributed by atoms with Crippen molar-refractivity contribution in [3.8, 4) is 0 Å². The summed E-state index contributed by atoms with van der Waals surface area (Å²) in [7, 11) is 0. The standard InChI is InChI=1S/C13H10ClN3O2/c14-11-1-2-12(18)10(7-11)8-16-17-13(19)9-3-5-15-6-4-9/h1-8,16H,(H,17,19). The van der Waals surface area contributed by atoms with Crippen LogP contribution in [0.1, 0.15) is 10.4 Å². The number of carbonyl (C=O) groups is 2. The Bertz CT molecular complexity index is 591.